The van der Waals surface area contributed by atoms with Crippen molar-refractivity contribution in [3.63, 3.8) is 0 Å². The summed E-state index contributed by atoms with van der Waals surface area (Å²) in [5.74, 6) is 4.16. The summed E-state index contributed by atoms with van der Waals surface area (Å²) in [7, 11) is -5.72. The van der Waals surface area contributed by atoms with Crippen LogP contribution in [-0.4, -0.2) is 59.8 Å². The molecule has 24 aromatic rings. The van der Waals surface area contributed by atoms with E-state index in [9.17, 15) is 0 Å². The number of fused-ring (bicyclic) bond motifs is 9. The first kappa shape index (κ1) is 77.9. The van der Waals surface area contributed by atoms with Crippen molar-refractivity contribution in [2.75, 3.05) is 0 Å². The van der Waals surface area contributed by atoms with E-state index in [-0.39, 0.29) is 23.7 Å². The molecular weight excluding hydrogens is 1670 g/mol. The molecule has 9 nitrogen and oxygen atoms in total. The van der Waals surface area contributed by atoms with Gasteiger partial charge in [0.2, 0.25) is 17.8 Å². The maximum atomic E-state index is 5.63. The number of para-hydroxylation sites is 4. The summed E-state index contributed by atoms with van der Waals surface area (Å²) < 4.78 is 6.81. The van der Waals surface area contributed by atoms with E-state index >= 15 is 0 Å². The van der Waals surface area contributed by atoms with E-state index in [1.807, 2.05) is 6.07 Å². The summed E-state index contributed by atoms with van der Waals surface area (Å²) in [6, 6.07) is 175. The SMILES string of the molecule is c1ccc(-c2nc(-c3cccc([Si](c4ccccc4)(c4ccccc4)c4ccccc4)c3)nc(-n3c4ccccc4c4c5c(ccc43)C3c4ccccc4C5c4ccccc43)n2)cc1.c1ccc([Si](c2ccccc2)(c2ccccc2)c2cccc(-c3nc(-n4c5ccccc5c5ccccc54)nc(-n4c5ccccc5c5c6c(ccc54)C4c5ccccc5C6c5ccccc54)n3)c2)cc1. The van der Waals surface area contributed by atoms with Crippen LogP contribution in [0.5, 0.6) is 0 Å². The molecule has 0 radical (unpaired) electrons. The Balaban J connectivity index is 0.000000138. The Morgan fingerprint density at radius 1 is 0.163 bits per heavy atom. The second kappa shape index (κ2) is 31.4. The molecule has 6 aliphatic carbocycles. The Bertz CT molecular complexity index is 8510. The minimum Gasteiger partial charge on any atom is -0.278 e. The summed E-state index contributed by atoms with van der Waals surface area (Å²) in [6.07, 6.45) is 0. The highest BCUT2D eigenvalue weighted by atomic mass is 28.3. The van der Waals surface area contributed by atoms with Crippen molar-refractivity contribution < 1.29 is 0 Å². The fourth-order valence-electron chi connectivity index (χ4n) is 23.9. The molecule has 6 aliphatic rings. The van der Waals surface area contributed by atoms with Crippen molar-refractivity contribution in [2.45, 2.75) is 23.7 Å². The normalized spacial score (nSPS) is 14.8. The zero-order valence-electron chi connectivity index (χ0n) is 73.4. The van der Waals surface area contributed by atoms with Crippen LogP contribution in [0.1, 0.15) is 90.4 Å². The van der Waals surface area contributed by atoms with Gasteiger partial charge in [-0.3, -0.25) is 13.7 Å². The van der Waals surface area contributed by atoms with E-state index in [0.717, 1.165) is 60.6 Å². The predicted molar refractivity (Wildman–Crippen MR) is 556 cm³/mol. The fourth-order valence-corrected chi connectivity index (χ4v) is 33.5. The van der Waals surface area contributed by atoms with Crippen LogP contribution in [0.4, 0.5) is 0 Å². The number of hydrogen-bond acceptors (Lipinski definition) is 6. The molecule has 135 heavy (non-hydrogen) atoms. The van der Waals surface area contributed by atoms with Crippen LogP contribution < -0.4 is 41.5 Å². The Kier molecular flexibility index (Phi) is 18.1. The van der Waals surface area contributed by atoms with E-state index in [0.29, 0.717) is 35.3 Å². The second-order valence-corrected chi connectivity index (χ2v) is 43.6. The van der Waals surface area contributed by atoms with Gasteiger partial charge in [-0.1, -0.05) is 443 Å². The van der Waals surface area contributed by atoms with E-state index in [1.54, 1.807) is 0 Å². The molecule has 0 aliphatic heterocycles. The van der Waals surface area contributed by atoms with E-state index in [2.05, 4.69) is 487 Å². The monoisotopic (exact) mass is 1750 g/mol. The number of rotatable bonds is 14. The van der Waals surface area contributed by atoms with Crippen LogP contribution >= 0.6 is 0 Å². The molecule has 19 aromatic carbocycles. The summed E-state index contributed by atoms with van der Waals surface area (Å²) >= 11 is 0. The molecule has 0 saturated carbocycles. The van der Waals surface area contributed by atoms with Gasteiger partial charge in [-0.25, -0.2) is 4.98 Å². The van der Waals surface area contributed by atoms with Gasteiger partial charge in [0.1, 0.15) is 0 Å². The Morgan fingerprint density at radius 2 is 0.400 bits per heavy atom. The molecule has 5 heterocycles. The van der Waals surface area contributed by atoms with E-state index in [4.69, 9.17) is 29.9 Å². The van der Waals surface area contributed by atoms with Gasteiger partial charge in [0.25, 0.3) is 0 Å². The molecule has 0 amide bonds. The molecule has 632 valence electrons. The smallest absolute Gasteiger partial charge is 0.240 e. The third-order valence-electron chi connectivity index (χ3n) is 29.3. The molecule has 5 aromatic heterocycles. The van der Waals surface area contributed by atoms with Crippen molar-refractivity contribution in [1.82, 2.24) is 43.6 Å². The predicted octanol–water partition coefficient (Wildman–Crippen LogP) is 22.8. The quantitative estimate of drug-likeness (QED) is 0.0796. The topological polar surface area (TPSA) is 92.1 Å². The van der Waals surface area contributed by atoms with Crippen molar-refractivity contribution in [3.05, 3.63) is 546 Å². The lowest BCUT2D eigenvalue weighted by atomic mass is 9.60. The highest BCUT2D eigenvalue weighted by Gasteiger charge is 2.47. The molecule has 0 unspecified atom stereocenters. The third kappa shape index (κ3) is 11.9. The number of aromatic nitrogens is 9. The van der Waals surface area contributed by atoms with Crippen molar-refractivity contribution in [1.29, 1.82) is 0 Å². The van der Waals surface area contributed by atoms with Crippen molar-refractivity contribution >= 4 is 123 Å². The summed E-state index contributed by atoms with van der Waals surface area (Å²) in [4.78, 5) is 33.0. The van der Waals surface area contributed by atoms with Crippen molar-refractivity contribution in [2.24, 2.45) is 0 Å². The van der Waals surface area contributed by atoms with Gasteiger partial charge in [0.05, 0.1) is 33.1 Å². The van der Waals surface area contributed by atoms with Crippen molar-refractivity contribution in [3.8, 4) is 52.0 Å². The van der Waals surface area contributed by atoms with Crippen LogP contribution in [0.3, 0.4) is 0 Å². The molecule has 0 fully saturated rings. The summed E-state index contributed by atoms with van der Waals surface area (Å²) in [6.45, 7) is 0. The molecule has 0 saturated heterocycles. The van der Waals surface area contributed by atoms with Crippen LogP contribution in [0.2, 0.25) is 0 Å². The largest absolute Gasteiger partial charge is 0.278 e. The van der Waals surface area contributed by atoms with Gasteiger partial charge in [-0.15, -0.1) is 0 Å². The molecule has 0 spiro atoms. The highest BCUT2D eigenvalue weighted by molar-refractivity contribution is 7.20. The zero-order valence-corrected chi connectivity index (χ0v) is 75.4. The average Bonchev–Trinajstić information content (AvgIpc) is 1.65. The van der Waals surface area contributed by atoms with Gasteiger partial charge >= 0.3 is 0 Å². The van der Waals surface area contributed by atoms with Gasteiger partial charge in [-0.2, -0.15) is 24.9 Å². The highest BCUT2D eigenvalue weighted by Crippen LogP contribution is 2.60. The fraction of sp³-hybridized carbons (Fsp3) is 0.0323. The standard InChI is InChI=1S/C65H43N5Si.C59H40N4Si/c1-4-22-43(23-5-1)71(44-24-6-2-7-25-44,45-26-8-3-9-27-45)46-28-20-21-42(41-46)63-66-64(69-55-36-17-14-29-47(55)48-30-15-18-37-56(48)69)68-65(67-63)70-57-38-19-16-35-53(57)61-58(70)40-39-54-59-49-31-10-12-33-51(49)60(62(54)61)52-34-13-11-32-50(52)59;1-5-20-39(21-6-1)57-60-58(40-22-19-29-44(38-40)64(41-23-7-2-8-24-41,42-25-9-3-10-26-42)43-27-11-4-12-28-43)62-59(61-57)63-51-35-18-17-34-49(51)55-52(63)37-36-50-53-45-30-13-15-32-47(45)54(56(50)55)48-33-16-14-31-46(48)53/h1-41,59-60H;1-38,53-54H. The minimum absolute atomic E-state index is 0.0958. The molecule has 4 bridgehead atoms. The Morgan fingerprint density at radius 3 is 0.733 bits per heavy atom. The Labute approximate surface area is 782 Å². The first-order valence-electron chi connectivity index (χ1n) is 46.6. The maximum absolute atomic E-state index is 5.63. The number of benzene rings is 19. The lowest BCUT2D eigenvalue weighted by molar-refractivity contribution is 0.761. The molecule has 11 heteroatoms. The van der Waals surface area contributed by atoms with Crippen LogP contribution in [0, 0.1) is 0 Å². The van der Waals surface area contributed by atoms with Crippen LogP contribution in [-0.2, 0) is 0 Å². The molecular formula is C124H83N9Si2. The van der Waals surface area contributed by atoms with Gasteiger partial charge in [-0.05, 0) is 145 Å². The van der Waals surface area contributed by atoms with Gasteiger partial charge in [0.15, 0.2) is 33.6 Å². The first-order valence-corrected chi connectivity index (χ1v) is 50.6. The summed E-state index contributed by atoms with van der Waals surface area (Å²) in [5, 5.41) is 17.6. The average molecular weight is 1760 g/mol. The van der Waals surface area contributed by atoms with Crippen LogP contribution in [0.25, 0.3) is 117 Å². The second-order valence-electron chi connectivity index (χ2n) is 36.0. The Hall–Kier alpha value is -17.0. The van der Waals surface area contributed by atoms with Crippen LogP contribution in [0.15, 0.2) is 479 Å². The zero-order chi connectivity index (χ0) is 88.8. The summed E-state index contributed by atoms with van der Waals surface area (Å²) in [5.41, 5.74) is 26.0. The number of hydrogen-bond donors (Lipinski definition) is 0. The van der Waals surface area contributed by atoms with E-state index in [1.165, 1.54) is 130 Å². The maximum Gasteiger partial charge on any atom is 0.240 e. The molecule has 30 rings (SSSR count). The minimum atomic E-state index is -2.90. The lowest BCUT2D eigenvalue weighted by Gasteiger charge is -2.42. The van der Waals surface area contributed by atoms with Gasteiger partial charge < -0.3 is 0 Å². The van der Waals surface area contributed by atoms with Gasteiger partial charge in [0, 0.05) is 72.7 Å². The van der Waals surface area contributed by atoms with E-state index < -0.39 is 16.1 Å². The molecule has 0 N–H and O–H groups in total. The third-order valence-corrected chi connectivity index (χ3v) is 38.8. The lowest BCUT2D eigenvalue weighted by Crippen LogP contribution is -2.74. The molecule has 0 atom stereocenters. The number of nitrogens with zero attached hydrogens (tertiary/aromatic N) is 9. The first-order chi connectivity index (χ1) is 67.0.